The van der Waals surface area contributed by atoms with Gasteiger partial charge in [0, 0.05) is 50.0 Å². The van der Waals surface area contributed by atoms with Crippen LogP contribution in [0.2, 0.25) is 0 Å². The van der Waals surface area contributed by atoms with Gasteiger partial charge in [-0.3, -0.25) is 4.90 Å². The fraction of sp³-hybridized carbons (Fsp3) is 0.0469. The molecule has 3 aliphatic carbocycles. The number of allylic oxidation sites excluding steroid dienone is 4. The smallest absolute Gasteiger partial charge is 0.238 e. The van der Waals surface area contributed by atoms with E-state index in [-0.39, 0.29) is 17.3 Å². The minimum atomic E-state index is -0.995. The summed E-state index contributed by atoms with van der Waals surface area (Å²) in [5.41, 5.74) is 15.2. The van der Waals surface area contributed by atoms with E-state index in [2.05, 4.69) is 246 Å². The highest BCUT2D eigenvalue weighted by Gasteiger charge is 2.57. The summed E-state index contributed by atoms with van der Waals surface area (Å²) in [6, 6.07) is 81.8. The van der Waals surface area contributed by atoms with Crippen LogP contribution >= 0.6 is 7.92 Å². The Morgan fingerprint density at radius 3 is 1.90 bits per heavy atom. The van der Waals surface area contributed by atoms with Gasteiger partial charge in [-0.2, -0.15) is 9.97 Å². The van der Waals surface area contributed by atoms with Crippen LogP contribution in [0, 0.1) is 5.92 Å². The van der Waals surface area contributed by atoms with Crippen LogP contribution in [-0.4, -0.2) is 19.5 Å². The number of hydrogen-bond donors (Lipinski definition) is 0. The molecule has 4 aliphatic rings. The van der Waals surface area contributed by atoms with E-state index in [0.29, 0.717) is 17.6 Å². The molecule has 11 aromatic rings. The molecule has 70 heavy (non-hydrogen) atoms. The molecule has 3 atom stereocenters. The van der Waals surface area contributed by atoms with Crippen molar-refractivity contribution in [2.75, 3.05) is 4.90 Å². The van der Waals surface area contributed by atoms with Crippen molar-refractivity contribution in [3.05, 3.63) is 271 Å². The van der Waals surface area contributed by atoms with Gasteiger partial charge in [-0.05, 0) is 70.9 Å². The topological polar surface area (TPSA) is 46.8 Å². The number of hydrogen-bond acceptors (Lipinski definition) is 4. The molecule has 1 spiro atoms. The van der Waals surface area contributed by atoms with Gasteiger partial charge in [0.05, 0.1) is 27.8 Å². The summed E-state index contributed by atoms with van der Waals surface area (Å²) in [6.45, 7) is 0. The van der Waals surface area contributed by atoms with Crippen molar-refractivity contribution >= 4 is 68.5 Å². The fourth-order valence-corrected chi connectivity index (χ4v) is 15.1. The number of benzene rings is 9. The summed E-state index contributed by atoms with van der Waals surface area (Å²) >= 11 is 0. The van der Waals surface area contributed by atoms with Crippen molar-refractivity contribution < 1.29 is 0 Å². The Kier molecular flexibility index (Phi) is 8.60. The maximum Gasteiger partial charge on any atom is 0.238 e. The largest absolute Gasteiger partial charge is 0.307 e. The van der Waals surface area contributed by atoms with Crippen LogP contribution in [0.1, 0.15) is 34.0 Å². The predicted octanol–water partition coefficient (Wildman–Crippen LogP) is 13.9. The molecular formula is C64H42N5P. The van der Waals surface area contributed by atoms with E-state index >= 15 is 0 Å². The first-order valence-corrected chi connectivity index (χ1v) is 25.5. The Morgan fingerprint density at radius 1 is 0.486 bits per heavy atom. The van der Waals surface area contributed by atoms with Gasteiger partial charge in [0.25, 0.3) is 0 Å². The molecule has 3 unspecified atom stereocenters. The Bertz CT molecular complexity index is 3940. The standard InChI is InChI=1S/C64H42N5P/c1-4-20-41(21-5-1)61-65-62(42-36-38-54-50(40-42)47-28-12-16-32-53(47)64(54)51-30-14-10-26-45(51)46-27-11-15-31-52(46)64)67-63(66-61)69-56-34-18-19-35-57(56)70(44-24-8-3-9-25-44)58-39-37-49-48-29-13-17-33-55(48)68(59(49)60(58)69)43-22-6-2-7-23-43/h1-40,50,54H. The lowest BCUT2D eigenvalue weighted by Crippen LogP contribution is -2.35. The average Bonchev–Trinajstić information content (AvgIpc) is 4.05. The molecule has 0 bridgehead atoms. The van der Waals surface area contributed by atoms with E-state index in [4.69, 9.17) is 15.0 Å². The van der Waals surface area contributed by atoms with Crippen LogP contribution in [0.5, 0.6) is 0 Å². The molecule has 6 heteroatoms. The summed E-state index contributed by atoms with van der Waals surface area (Å²) in [7, 11) is -0.995. The van der Waals surface area contributed by atoms with Crippen LogP contribution in [0.4, 0.5) is 17.3 Å². The number of anilines is 3. The summed E-state index contributed by atoms with van der Waals surface area (Å²) < 4.78 is 2.45. The van der Waals surface area contributed by atoms with Crippen molar-refractivity contribution in [1.29, 1.82) is 0 Å². The lowest BCUT2D eigenvalue weighted by molar-refractivity contribution is 0.466. The number of rotatable bonds is 5. The molecular weight excluding hydrogens is 870 g/mol. The molecule has 0 amide bonds. The van der Waals surface area contributed by atoms with Crippen LogP contribution in [-0.2, 0) is 5.41 Å². The van der Waals surface area contributed by atoms with Crippen LogP contribution in [0.15, 0.2) is 243 Å². The molecule has 328 valence electrons. The highest BCUT2D eigenvalue weighted by molar-refractivity contribution is 7.80. The normalized spacial score (nSPS) is 17.7. The van der Waals surface area contributed by atoms with Gasteiger partial charge in [0.15, 0.2) is 11.6 Å². The monoisotopic (exact) mass is 911 g/mol. The molecule has 0 saturated carbocycles. The number of fused-ring (bicyclic) bond motifs is 16. The van der Waals surface area contributed by atoms with E-state index in [1.54, 1.807) is 0 Å². The minimum absolute atomic E-state index is 0.0860. The van der Waals surface area contributed by atoms with Crippen molar-refractivity contribution in [2.24, 2.45) is 5.92 Å². The fourth-order valence-electron chi connectivity index (χ4n) is 12.5. The third-order valence-electron chi connectivity index (χ3n) is 15.2. The lowest BCUT2D eigenvalue weighted by Gasteiger charge is -2.37. The van der Waals surface area contributed by atoms with E-state index < -0.39 is 7.92 Å². The Hall–Kier alpha value is -8.50. The first kappa shape index (κ1) is 39.5. The van der Waals surface area contributed by atoms with Crippen LogP contribution < -0.4 is 20.8 Å². The average molecular weight is 912 g/mol. The first-order chi connectivity index (χ1) is 34.8. The van der Waals surface area contributed by atoms with Crippen LogP contribution in [0.25, 0.3) is 55.6 Å². The molecule has 3 heterocycles. The summed E-state index contributed by atoms with van der Waals surface area (Å²) in [6.07, 6.45) is 7.21. The molecule has 0 saturated heterocycles. The van der Waals surface area contributed by atoms with Crippen molar-refractivity contribution in [3.8, 4) is 28.2 Å². The lowest BCUT2D eigenvalue weighted by atomic mass is 9.65. The van der Waals surface area contributed by atoms with Crippen molar-refractivity contribution in [3.63, 3.8) is 0 Å². The van der Waals surface area contributed by atoms with Gasteiger partial charge < -0.3 is 4.57 Å². The number of aromatic nitrogens is 4. The molecule has 0 radical (unpaired) electrons. The molecule has 0 N–H and O–H groups in total. The number of nitrogens with zero attached hydrogens (tertiary/aromatic N) is 5. The van der Waals surface area contributed by atoms with Crippen molar-refractivity contribution in [1.82, 2.24) is 19.5 Å². The zero-order valence-electron chi connectivity index (χ0n) is 37.9. The minimum Gasteiger partial charge on any atom is -0.307 e. The summed E-state index contributed by atoms with van der Waals surface area (Å²) in [5, 5.41) is 6.17. The zero-order valence-corrected chi connectivity index (χ0v) is 38.8. The van der Waals surface area contributed by atoms with Gasteiger partial charge in [-0.25, -0.2) is 4.98 Å². The molecule has 9 aromatic carbocycles. The van der Waals surface area contributed by atoms with E-state index in [1.165, 1.54) is 60.1 Å². The zero-order chi connectivity index (χ0) is 45.9. The molecule has 15 rings (SSSR count). The molecule has 5 nitrogen and oxygen atoms in total. The molecule has 1 aliphatic heterocycles. The molecule has 0 fully saturated rings. The Balaban J connectivity index is 0.990. The number of para-hydroxylation sites is 3. The van der Waals surface area contributed by atoms with Crippen molar-refractivity contribution in [2.45, 2.75) is 11.3 Å². The van der Waals surface area contributed by atoms with Gasteiger partial charge in [-0.15, -0.1) is 0 Å². The maximum atomic E-state index is 5.68. The van der Waals surface area contributed by atoms with Gasteiger partial charge >= 0.3 is 0 Å². The summed E-state index contributed by atoms with van der Waals surface area (Å²) in [5.74, 6) is 2.10. The summed E-state index contributed by atoms with van der Waals surface area (Å²) in [4.78, 5) is 19.0. The molecule has 2 aromatic heterocycles. The Labute approximate surface area is 407 Å². The van der Waals surface area contributed by atoms with E-state index in [1.807, 2.05) is 6.07 Å². The quantitative estimate of drug-likeness (QED) is 0.161. The van der Waals surface area contributed by atoms with Gasteiger partial charge in [0.1, 0.15) is 0 Å². The van der Waals surface area contributed by atoms with E-state index in [9.17, 15) is 0 Å². The van der Waals surface area contributed by atoms with E-state index in [0.717, 1.165) is 39.2 Å². The predicted molar refractivity (Wildman–Crippen MR) is 288 cm³/mol. The maximum absolute atomic E-state index is 5.68. The second-order valence-corrected chi connectivity index (χ2v) is 20.8. The highest BCUT2D eigenvalue weighted by atomic mass is 31.1. The first-order valence-electron chi connectivity index (χ1n) is 24.1. The second-order valence-electron chi connectivity index (χ2n) is 18.7. The SMILES string of the molecule is C1=CC2C(C=C1c1nc(-c3ccccc3)nc(N3c4ccccc4P(c4ccccc4)c4ccc5c6ccccc6n(-c6ccccc6)c5c43)n1)c1ccccc1C21c2ccccc2-c2ccccc21. The highest BCUT2D eigenvalue weighted by Crippen LogP contribution is 2.65. The second kappa shape index (κ2) is 15.3. The Morgan fingerprint density at radius 2 is 1.11 bits per heavy atom. The third kappa shape index (κ3) is 5.49. The third-order valence-corrected chi connectivity index (χ3v) is 17.7. The van der Waals surface area contributed by atoms with Crippen LogP contribution in [0.3, 0.4) is 0 Å². The van der Waals surface area contributed by atoms with Gasteiger partial charge in [-0.1, -0.05) is 218 Å². The van der Waals surface area contributed by atoms with Gasteiger partial charge in [0.2, 0.25) is 5.95 Å².